The number of hydrogen-bond acceptors (Lipinski definition) is 2. The van der Waals surface area contributed by atoms with Crippen LogP contribution in [-0.2, 0) is 0 Å². The van der Waals surface area contributed by atoms with Crippen molar-refractivity contribution in [3.63, 3.8) is 0 Å². The Bertz CT molecular complexity index is 691. The first kappa shape index (κ1) is 16.5. The number of phenols is 1. The molecule has 2 nitrogen and oxygen atoms in total. The first-order chi connectivity index (χ1) is 9.56. The van der Waals surface area contributed by atoms with Gasteiger partial charge < -0.3 is 9.53 Å². The summed E-state index contributed by atoms with van der Waals surface area (Å²) < 4.78 is 6.19. The van der Waals surface area contributed by atoms with Gasteiger partial charge in [-0.25, -0.2) is 0 Å². The van der Waals surface area contributed by atoms with Gasteiger partial charge in [-0.15, -0.1) is 0 Å². The third-order valence-electron chi connectivity index (χ3n) is 4.19. The number of aromatic hydroxyl groups is 1. The van der Waals surface area contributed by atoms with Gasteiger partial charge in [0.25, 0.3) is 8.32 Å². The second kappa shape index (κ2) is 5.38. The molecule has 0 saturated carbocycles. The van der Waals surface area contributed by atoms with Gasteiger partial charge in [0.05, 0.1) is 10.0 Å². The van der Waals surface area contributed by atoms with Crippen LogP contribution in [0.25, 0.3) is 10.8 Å². The van der Waals surface area contributed by atoms with E-state index in [0.717, 1.165) is 10.8 Å². The zero-order valence-electron chi connectivity index (χ0n) is 12.9. The fraction of sp³-hybridized carbons (Fsp3) is 0.375. The van der Waals surface area contributed by atoms with Crippen LogP contribution in [0, 0.1) is 0 Å². The lowest BCUT2D eigenvalue weighted by molar-refractivity contribution is 0.423. The summed E-state index contributed by atoms with van der Waals surface area (Å²) in [5.74, 6) is 0.220. The molecule has 0 bridgehead atoms. The van der Waals surface area contributed by atoms with Gasteiger partial charge in [-0.1, -0.05) is 68.2 Å². The molecule has 0 saturated heterocycles. The Morgan fingerprint density at radius 2 is 1.48 bits per heavy atom. The van der Waals surface area contributed by atoms with Gasteiger partial charge in [0, 0.05) is 10.8 Å². The first-order valence-corrected chi connectivity index (χ1v) is 10.5. The van der Waals surface area contributed by atoms with Crippen LogP contribution in [0.1, 0.15) is 20.8 Å². The van der Waals surface area contributed by atoms with Gasteiger partial charge in [-0.2, -0.15) is 0 Å². The largest absolute Gasteiger partial charge is 0.540 e. The van der Waals surface area contributed by atoms with E-state index in [-0.39, 0.29) is 15.8 Å². The Morgan fingerprint density at radius 1 is 1.00 bits per heavy atom. The van der Waals surface area contributed by atoms with Crippen LogP contribution in [0.5, 0.6) is 11.5 Å². The molecule has 2 rings (SSSR count). The molecule has 0 aliphatic rings. The Kier molecular flexibility index (Phi) is 4.22. The monoisotopic (exact) mass is 342 g/mol. The van der Waals surface area contributed by atoms with Crippen molar-refractivity contribution < 1.29 is 9.53 Å². The Hall–Kier alpha value is -0.903. The van der Waals surface area contributed by atoms with Gasteiger partial charge in [0.1, 0.15) is 0 Å². The van der Waals surface area contributed by atoms with Crippen molar-refractivity contribution in [2.45, 2.75) is 38.9 Å². The molecule has 1 N–H and O–H groups in total. The van der Waals surface area contributed by atoms with Crippen LogP contribution in [0.3, 0.4) is 0 Å². The van der Waals surface area contributed by atoms with Crippen molar-refractivity contribution in [3.8, 4) is 11.5 Å². The maximum absolute atomic E-state index is 10.4. The van der Waals surface area contributed by atoms with E-state index in [4.69, 9.17) is 27.6 Å². The van der Waals surface area contributed by atoms with E-state index in [9.17, 15) is 5.11 Å². The predicted octanol–water partition coefficient (Wildman–Crippen LogP) is 6.24. The fourth-order valence-corrected chi connectivity index (χ4v) is 3.44. The quantitative estimate of drug-likeness (QED) is 0.654. The fourth-order valence-electron chi connectivity index (χ4n) is 1.82. The van der Waals surface area contributed by atoms with E-state index < -0.39 is 8.32 Å². The third-order valence-corrected chi connectivity index (χ3v) is 9.27. The highest BCUT2D eigenvalue weighted by atomic mass is 35.5. The lowest BCUT2D eigenvalue weighted by atomic mass is 10.1. The Morgan fingerprint density at radius 3 is 1.95 bits per heavy atom. The normalized spacial score (nSPS) is 12.7. The molecule has 0 radical (unpaired) electrons. The van der Waals surface area contributed by atoms with Crippen LogP contribution in [0.15, 0.2) is 24.3 Å². The van der Waals surface area contributed by atoms with E-state index in [1.807, 2.05) is 24.3 Å². The van der Waals surface area contributed by atoms with E-state index in [1.54, 1.807) is 0 Å². The Labute approximate surface area is 136 Å². The number of halogens is 2. The van der Waals surface area contributed by atoms with E-state index in [0.29, 0.717) is 10.8 Å². The van der Waals surface area contributed by atoms with Crippen LogP contribution in [0.4, 0.5) is 0 Å². The molecule has 5 heteroatoms. The molecule has 0 aliphatic carbocycles. The van der Waals surface area contributed by atoms with Crippen molar-refractivity contribution in [1.82, 2.24) is 0 Å². The summed E-state index contributed by atoms with van der Waals surface area (Å²) in [6, 6.07) is 7.46. The smallest absolute Gasteiger partial charge is 0.250 e. The van der Waals surface area contributed by atoms with Crippen molar-refractivity contribution in [2.24, 2.45) is 0 Å². The number of phenolic OH excluding ortho intramolecular Hbond substituents is 1. The molecule has 2 aromatic rings. The number of fused-ring (bicyclic) bond motifs is 1. The van der Waals surface area contributed by atoms with E-state index in [1.165, 1.54) is 0 Å². The van der Waals surface area contributed by atoms with Gasteiger partial charge >= 0.3 is 0 Å². The molecule has 2 aromatic carbocycles. The number of rotatable bonds is 2. The van der Waals surface area contributed by atoms with Crippen molar-refractivity contribution in [2.75, 3.05) is 0 Å². The van der Waals surface area contributed by atoms with Crippen LogP contribution in [0.2, 0.25) is 28.2 Å². The summed E-state index contributed by atoms with van der Waals surface area (Å²) in [6.07, 6.45) is 0. The van der Waals surface area contributed by atoms with Crippen LogP contribution in [-0.4, -0.2) is 13.4 Å². The maximum atomic E-state index is 10.4. The molecule has 0 heterocycles. The summed E-state index contributed by atoms with van der Waals surface area (Å²) in [5.41, 5.74) is 0. The average Bonchev–Trinajstić information content (AvgIpc) is 2.40. The van der Waals surface area contributed by atoms with Crippen LogP contribution < -0.4 is 4.43 Å². The van der Waals surface area contributed by atoms with Gasteiger partial charge in [0.2, 0.25) is 0 Å². The van der Waals surface area contributed by atoms with Gasteiger partial charge in [-0.3, -0.25) is 0 Å². The highest BCUT2D eigenvalue weighted by Gasteiger charge is 2.40. The number of hydrogen-bond donors (Lipinski definition) is 1. The molecule has 0 amide bonds. The molecule has 0 spiro atoms. The summed E-state index contributed by atoms with van der Waals surface area (Å²) in [5, 5.41) is 12.6. The lowest BCUT2D eigenvalue weighted by Gasteiger charge is -2.37. The highest BCUT2D eigenvalue weighted by molar-refractivity contribution is 6.75. The minimum Gasteiger partial charge on any atom is -0.540 e. The first-order valence-electron chi connectivity index (χ1n) is 6.84. The second-order valence-corrected chi connectivity index (χ2v) is 12.2. The molecule has 0 fully saturated rings. The summed E-state index contributed by atoms with van der Waals surface area (Å²) >= 11 is 12.7. The molecule has 21 heavy (non-hydrogen) atoms. The SMILES string of the molecule is CC(C)(C)[Si](C)(C)Oc1c(O)c(Cl)c2ccccc2c1Cl. The zero-order chi connectivity index (χ0) is 16.0. The minimum absolute atomic E-state index is 0.000883. The van der Waals surface area contributed by atoms with E-state index >= 15 is 0 Å². The molecule has 0 atom stereocenters. The standard InChI is InChI=1S/C16H20Cl2O2Si/c1-16(2,3)21(4,5)20-15-13(18)11-9-7-6-8-10(11)12(17)14(15)19/h6-9,19H,1-5H3. The maximum Gasteiger partial charge on any atom is 0.250 e. The van der Waals surface area contributed by atoms with Crippen LogP contribution >= 0.6 is 23.2 Å². The van der Waals surface area contributed by atoms with Crippen molar-refractivity contribution in [1.29, 1.82) is 0 Å². The Balaban J connectivity index is 2.66. The van der Waals surface area contributed by atoms with E-state index in [2.05, 4.69) is 33.9 Å². The second-order valence-electron chi connectivity index (χ2n) is 6.71. The van der Waals surface area contributed by atoms with Gasteiger partial charge in [-0.05, 0) is 18.1 Å². The topological polar surface area (TPSA) is 29.5 Å². The molecule has 0 unspecified atom stereocenters. The molecule has 0 aliphatic heterocycles. The highest BCUT2D eigenvalue weighted by Crippen LogP contribution is 2.49. The summed E-state index contributed by atoms with van der Waals surface area (Å²) in [7, 11) is -2.12. The minimum atomic E-state index is -2.12. The van der Waals surface area contributed by atoms with Crippen molar-refractivity contribution >= 4 is 42.3 Å². The lowest BCUT2D eigenvalue weighted by Crippen LogP contribution is -2.44. The molecule has 0 aromatic heterocycles. The summed E-state index contributed by atoms with van der Waals surface area (Å²) in [4.78, 5) is 0. The molecular formula is C16H20Cl2O2Si. The third kappa shape index (κ3) is 2.87. The molecule has 114 valence electrons. The molecular weight excluding hydrogens is 323 g/mol. The predicted molar refractivity (Wildman–Crippen MR) is 93.5 cm³/mol. The zero-order valence-corrected chi connectivity index (χ0v) is 15.4. The van der Waals surface area contributed by atoms with Crippen molar-refractivity contribution in [3.05, 3.63) is 34.3 Å². The summed E-state index contributed by atoms with van der Waals surface area (Å²) in [6.45, 7) is 10.6. The van der Waals surface area contributed by atoms with Gasteiger partial charge in [0.15, 0.2) is 11.5 Å². The average molecular weight is 343 g/mol. The number of benzene rings is 2.